The van der Waals surface area contributed by atoms with Crippen LogP contribution in [0.25, 0.3) is 10.8 Å². The molecule has 1 N–H and O–H groups in total. The number of carbonyl (C=O) groups excluding carboxylic acids is 1. The van der Waals surface area contributed by atoms with Crippen LogP contribution < -0.4 is 4.74 Å². The van der Waals surface area contributed by atoms with Crippen molar-refractivity contribution in [1.82, 2.24) is 0 Å². The Balaban J connectivity index is 2.96. The fraction of sp³-hybridized carbons (Fsp3) is 0.154. The van der Waals surface area contributed by atoms with Crippen LogP contribution in [0.1, 0.15) is 15.9 Å². The lowest BCUT2D eigenvalue weighted by atomic mass is 10.0. The van der Waals surface area contributed by atoms with Gasteiger partial charge in [0.25, 0.3) is 0 Å². The van der Waals surface area contributed by atoms with E-state index < -0.39 is 0 Å². The van der Waals surface area contributed by atoms with Gasteiger partial charge in [-0.25, -0.2) is 0 Å². The highest BCUT2D eigenvalue weighted by atomic mass is 16.5. The molecule has 0 unspecified atom stereocenters. The van der Waals surface area contributed by atoms with E-state index in [1.165, 1.54) is 0 Å². The van der Waals surface area contributed by atoms with Gasteiger partial charge < -0.3 is 9.84 Å². The number of hydrogen-bond acceptors (Lipinski definition) is 3. The van der Waals surface area contributed by atoms with E-state index in [0.29, 0.717) is 16.7 Å². The van der Waals surface area contributed by atoms with Crippen LogP contribution in [0.4, 0.5) is 0 Å². The number of ether oxygens (including phenoxy) is 1. The van der Waals surface area contributed by atoms with Crippen LogP contribution in [-0.2, 0) is 0 Å². The van der Waals surface area contributed by atoms with Crippen LogP contribution in [0, 0.1) is 6.92 Å². The van der Waals surface area contributed by atoms with E-state index in [-0.39, 0.29) is 5.75 Å². The van der Waals surface area contributed by atoms with Gasteiger partial charge in [-0.2, -0.15) is 0 Å². The fourth-order valence-corrected chi connectivity index (χ4v) is 1.81. The largest absolute Gasteiger partial charge is 0.507 e. The molecule has 16 heavy (non-hydrogen) atoms. The number of hydrogen-bond donors (Lipinski definition) is 1. The second kappa shape index (κ2) is 3.85. The standard InChI is InChI=1S/C13H12O3/c1-8-3-5-10-11(16-2)6-4-9(7-14)12(10)13(8)15/h3-7,15H,1-2H3. The molecule has 0 heterocycles. The Kier molecular flexibility index (Phi) is 2.52. The Morgan fingerprint density at radius 1 is 1.25 bits per heavy atom. The lowest BCUT2D eigenvalue weighted by Crippen LogP contribution is -1.90. The van der Waals surface area contributed by atoms with Crippen molar-refractivity contribution in [3.63, 3.8) is 0 Å². The maximum Gasteiger partial charge on any atom is 0.150 e. The number of benzene rings is 2. The van der Waals surface area contributed by atoms with Gasteiger partial charge in [0.2, 0.25) is 0 Å². The van der Waals surface area contributed by atoms with Crippen LogP contribution in [-0.4, -0.2) is 18.5 Å². The SMILES string of the molecule is COc1ccc(C=O)c2c(O)c(C)ccc12. The van der Waals surface area contributed by atoms with E-state index in [9.17, 15) is 9.90 Å². The molecule has 0 atom stereocenters. The molecule has 0 amide bonds. The highest BCUT2D eigenvalue weighted by Gasteiger charge is 2.11. The third kappa shape index (κ3) is 1.41. The van der Waals surface area contributed by atoms with Crippen molar-refractivity contribution in [3.8, 4) is 11.5 Å². The van der Waals surface area contributed by atoms with Crippen molar-refractivity contribution in [2.24, 2.45) is 0 Å². The summed E-state index contributed by atoms with van der Waals surface area (Å²) in [6, 6.07) is 7.01. The molecule has 2 aromatic carbocycles. The molecule has 3 nitrogen and oxygen atoms in total. The summed E-state index contributed by atoms with van der Waals surface area (Å²) in [7, 11) is 1.56. The molecule has 0 saturated heterocycles. The second-order valence-corrected chi connectivity index (χ2v) is 3.63. The lowest BCUT2D eigenvalue weighted by molar-refractivity contribution is 0.112. The molecule has 82 valence electrons. The summed E-state index contributed by atoms with van der Waals surface area (Å²) in [5.41, 5.74) is 1.21. The quantitative estimate of drug-likeness (QED) is 0.785. The smallest absolute Gasteiger partial charge is 0.150 e. The third-order valence-electron chi connectivity index (χ3n) is 2.69. The summed E-state index contributed by atoms with van der Waals surface area (Å²) in [5.74, 6) is 0.786. The molecule has 0 aliphatic heterocycles. The number of aldehydes is 1. The summed E-state index contributed by atoms with van der Waals surface area (Å²) in [6.45, 7) is 1.79. The summed E-state index contributed by atoms with van der Waals surface area (Å²) in [5, 5.41) is 11.3. The molecule has 0 aliphatic carbocycles. The molecule has 0 spiro atoms. The molecule has 0 fully saturated rings. The maximum atomic E-state index is 10.9. The predicted octanol–water partition coefficient (Wildman–Crippen LogP) is 2.67. The van der Waals surface area contributed by atoms with Gasteiger partial charge >= 0.3 is 0 Å². The molecule has 0 radical (unpaired) electrons. The normalized spacial score (nSPS) is 10.4. The first kappa shape index (κ1) is 10.5. The first-order valence-electron chi connectivity index (χ1n) is 4.93. The van der Waals surface area contributed by atoms with Crippen molar-refractivity contribution >= 4 is 17.1 Å². The van der Waals surface area contributed by atoms with Crippen molar-refractivity contribution in [3.05, 3.63) is 35.4 Å². The van der Waals surface area contributed by atoms with Gasteiger partial charge in [-0.1, -0.05) is 12.1 Å². The topological polar surface area (TPSA) is 46.5 Å². The van der Waals surface area contributed by atoms with Crippen molar-refractivity contribution in [1.29, 1.82) is 0 Å². The molecule has 0 aliphatic rings. The fourth-order valence-electron chi connectivity index (χ4n) is 1.81. The molecule has 3 heteroatoms. The van der Waals surface area contributed by atoms with Gasteiger partial charge in [0.1, 0.15) is 11.5 Å². The maximum absolute atomic E-state index is 10.9. The van der Waals surface area contributed by atoms with E-state index in [1.54, 1.807) is 32.2 Å². The van der Waals surface area contributed by atoms with Crippen molar-refractivity contribution in [2.75, 3.05) is 7.11 Å². The Morgan fingerprint density at radius 3 is 2.62 bits per heavy atom. The van der Waals surface area contributed by atoms with E-state index in [0.717, 1.165) is 17.2 Å². The van der Waals surface area contributed by atoms with Crippen LogP contribution in [0.15, 0.2) is 24.3 Å². The summed E-state index contributed by atoms with van der Waals surface area (Å²) in [6.07, 6.45) is 0.737. The van der Waals surface area contributed by atoms with Crippen LogP contribution in [0.2, 0.25) is 0 Å². The molecule has 0 bridgehead atoms. The number of carbonyl (C=O) groups is 1. The van der Waals surface area contributed by atoms with E-state index in [4.69, 9.17) is 4.74 Å². The van der Waals surface area contributed by atoms with Gasteiger partial charge in [0.05, 0.1) is 7.11 Å². The Labute approximate surface area is 93.3 Å². The van der Waals surface area contributed by atoms with Gasteiger partial charge in [0.15, 0.2) is 6.29 Å². The molecular formula is C13H12O3. The Morgan fingerprint density at radius 2 is 2.00 bits per heavy atom. The number of phenolic OH excluding ortho intramolecular Hbond substituents is 1. The van der Waals surface area contributed by atoms with Crippen LogP contribution in [0.3, 0.4) is 0 Å². The monoisotopic (exact) mass is 216 g/mol. The van der Waals surface area contributed by atoms with Gasteiger partial charge in [-0.15, -0.1) is 0 Å². The van der Waals surface area contributed by atoms with Crippen LogP contribution in [0.5, 0.6) is 11.5 Å². The average Bonchev–Trinajstić information content (AvgIpc) is 2.32. The molecular weight excluding hydrogens is 204 g/mol. The summed E-state index contributed by atoms with van der Waals surface area (Å²) >= 11 is 0. The molecule has 2 aromatic rings. The van der Waals surface area contributed by atoms with Gasteiger partial charge in [-0.3, -0.25) is 4.79 Å². The molecule has 2 rings (SSSR count). The number of rotatable bonds is 2. The first-order chi connectivity index (χ1) is 7.69. The van der Waals surface area contributed by atoms with E-state index >= 15 is 0 Å². The van der Waals surface area contributed by atoms with E-state index in [1.807, 2.05) is 6.07 Å². The second-order valence-electron chi connectivity index (χ2n) is 3.63. The third-order valence-corrected chi connectivity index (χ3v) is 2.69. The van der Waals surface area contributed by atoms with Gasteiger partial charge in [0, 0.05) is 16.3 Å². The Hall–Kier alpha value is -2.03. The number of methoxy groups -OCH3 is 1. The van der Waals surface area contributed by atoms with Crippen LogP contribution >= 0.6 is 0 Å². The average molecular weight is 216 g/mol. The minimum absolute atomic E-state index is 0.138. The zero-order valence-corrected chi connectivity index (χ0v) is 9.15. The summed E-state index contributed by atoms with van der Waals surface area (Å²) < 4.78 is 5.19. The molecule has 0 saturated carbocycles. The number of fused-ring (bicyclic) bond motifs is 1. The Bertz CT molecular complexity index is 559. The summed E-state index contributed by atoms with van der Waals surface area (Å²) in [4.78, 5) is 10.9. The lowest BCUT2D eigenvalue weighted by Gasteiger charge is -2.10. The van der Waals surface area contributed by atoms with Crippen molar-refractivity contribution in [2.45, 2.75) is 6.92 Å². The minimum atomic E-state index is 0.138. The minimum Gasteiger partial charge on any atom is -0.507 e. The highest BCUT2D eigenvalue weighted by molar-refractivity contribution is 6.04. The van der Waals surface area contributed by atoms with Gasteiger partial charge in [-0.05, 0) is 24.6 Å². The van der Waals surface area contributed by atoms with E-state index in [2.05, 4.69) is 0 Å². The predicted molar refractivity (Wildman–Crippen MR) is 62.3 cm³/mol. The number of aryl methyl sites for hydroxylation is 1. The van der Waals surface area contributed by atoms with Crippen molar-refractivity contribution < 1.29 is 14.6 Å². The highest BCUT2D eigenvalue weighted by Crippen LogP contribution is 2.35. The molecule has 0 aromatic heterocycles. The zero-order chi connectivity index (χ0) is 11.7. The number of aromatic hydroxyl groups is 1. The first-order valence-corrected chi connectivity index (χ1v) is 4.93. The number of phenols is 1. The zero-order valence-electron chi connectivity index (χ0n) is 9.15.